The number of hydrogen-bond donors (Lipinski definition) is 1. The number of benzene rings is 2. The number of methoxy groups -OCH3 is 1. The topological polar surface area (TPSA) is 49.8 Å². The molecule has 0 saturated carbocycles. The lowest BCUT2D eigenvalue weighted by Gasteiger charge is -2.22. The van der Waals surface area contributed by atoms with Crippen LogP contribution in [0.15, 0.2) is 42.5 Å². The number of hydrogen-bond acceptors (Lipinski definition) is 3. The summed E-state index contributed by atoms with van der Waals surface area (Å²) in [5, 5.41) is 9.17. The summed E-state index contributed by atoms with van der Waals surface area (Å²) in [5.41, 5.74) is 0.570. The molecular weight excluding hydrogens is 261 g/mol. The van der Waals surface area contributed by atoms with E-state index in [0.717, 1.165) is 0 Å². The van der Waals surface area contributed by atoms with Gasteiger partial charge in [0.15, 0.2) is 0 Å². The number of ether oxygens (including phenoxy) is 1. The Morgan fingerprint density at radius 1 is 1.25 bits per heavy atom. The summed E-state index contributed by atoms with van der Waals surface area (Å²) in [4.78, 5) is 12.7. The maximum atomic E-state index is 14.0. The first-order valence-electron chi connectivity index (χ1n) is 5.94. The van der Waals surface area contributed by atoms with Crippen LogP contribution >= 0.6 is 0 Å². The van der Waals surface area contributed by atoms with Crippen molar-refractivity contribution < 1.29 is 19.0 Å². The van der Waals surface area contributed by atoms with Crippen LogP contribution in [0.2, 0.25) is 0 Å². The third-order valence-electron chi connectivity index (χ3n) is 2.99. The van der Waals surface area contributed by atoms with Crippen molar-refractivity contribution >= 4 is 17.3 Å². The molecule has 2 aromatic carbocycles. The van der Waals surface area contributed by atoms with Gasteiger partial charge in [-0.15, -0.1) is 0 Å². The summed E-state index contributed by atoms with van der Waals surface area (Å²) < 4.78 is 19.1. The van der Waals surface area contributed by atoms with Gasteiger partial charge in [0.05, 0.1) is 18.4 Å². The smallest absolute Gasteiger partial charge is 0.337 e. The Hall–Kier alpha value is -2.56. The van der Waals surface area contributed by atoms with Crippen LogP contribution in [0.5, 0.6) is 5.75 Å². The molecule has 0 aliphatic rings. The number of carboxylic acid groups (broad SMARTS) is 1. The van der Waals surface area contributed by atoms with Gasteiger partial charge in [0.2, 0.25) is 0 Å². The number of carbonyl (C=O) groups is 1. The van der Waals surface area contributed by atoms with Crippen LogP contribution in [0.1, 0.15) is 10.4 Å². The largest absolute Gasteiger partial charge is 0.497 e. The molecule has 0 heterocycles. The van der Waals surface area contributed by atoms with Gasteiger partial charge in [-0.05, 0) is 24.3 Å². The van der Waals surface area contributed by atoms with Crippen molar-refractivity contribution in [2.24, 2.45) is 0 Å². The second-order valence-electron chi connectivity index (χ2n) is 4.20. The fourth-order valence-electron chi connectivity index (χ4n) is 1.98. The normalized spacial score (nSPS) is 10.2. The van der Waals surface area contributed by atoms with Crippen molar-refractivity contribution in [3.05, 3.63) is 53.8 Å². The molecule has 0 aromatic heterocycles. The van der Waals surface area contributed by atoms with Gasteiger partial charge in [0, 0.05) is 18.8 Å². The minimum absolute atomic E-state index is 0.0215. The van der Waals surface area contributed by atoms with Crippen LogP contribution in [-0.4, -0.2) is 25.2 Å². The number of anilines is 2. The van der Waals surface area contributed by atoms with Crippen molar-refractivity contribution in [1.82, 2.24) is 0 Å². The number of nitrogens with zero attached hydrogens (tertiary/aromatic N) is 1. The summed E-state index contributed by atoms with van der Waals surface area (Å²) in [6.07, 6.45) is 0. The van der Waals surface area contributed by atoms with Gasteiger partial charge in [-0.3, -0.25) is 0 Å². The summed E-state index contributed by atoms with van der Waals surface area (Å²) in [7, 11) is 3.14. The van der Waals surface area contributed by atoms with E-state index >= 15 is 0 Å². The number of aromatic carboxylic acids is 1. The van der Waals surface area contributed by atoms with E-state index in [0.29, 0.717) is 11.4 Å². The van der Waals surface area contributed by atoms with Crippen LogP contribution < -0.4 is 9.64 Å². The molecule has 20 heavy (non-hydrogen) atoms. The van der Waals surface area contributed by atoms with Gasteiger partial charge in [-0.25, -0.2) is 9.18 Å². The molecule has 1 N–H and O–H groups in total. The summed E-state index contributed by atoms with van der Waals surface area (Å²) >= 11 is 0. The van der Waals surface area contributed by atoms with Crippen molar-refractivity contribution in [3.8, 4) is 5.75 Å². The van der Waals surface area contributed by atoms with Crippen LogP contribution in [0, 0.1) is 5.82 Å². The Labute approximate surface area is 116 Å². The second-order valence-corrected chi connectivity index (χ2v) is 4.20. The van der Waals surface area contributed by atoms with Crippen LogP contribution in [0.25, 0.3) is 0 Å². The molecular formula is C15H14FNO3. The number of halogens is 1. The van der Waals surface area contributed by atoms with Gasteiger partial charge in [-0.2, -0.15) is 0 Å². The quantitative estimate of drug-likeness (QED) is 0.930. The number of para-hydroxylation sites is 1. The van der Waals surface area contributed by atoms with Crippen molar-refractivity contribution in [2.75, 3.05) is 19.1 Å². The van der Waals surface area contributed by atoms with E-state index in [1.807, 2.05) is 0 Å². The Morgan fingerprint density at radius 2 is 1.95 bits per heavy atom. The molecule has 104 valence electrons. The Balaban J connectivity index is 2.52. The minimum atomic E-state index is -1.17. The lowest BCUT2D eigenvalue weighted by molar-refractivity contribution is 0.0697. The van der Waals surface area contributed by atoms with Gasteiger partial charge < -0.3 is 14.7 Å². The molecule has 5 heteroatoms. The molecule has 0 bridgehead atoms. The number of rotatable bonds is 4. The standard InChI is InChI=1S/C15H14FNO3/c1-17(10-5-3-6-11(9-10)20-2)14-12(15(18)19)7-4-8-13(14)16/h3-9H,1-2H3,(H,18,19). The molecule has 0 aliphatic heterocycles. The van der Waals surface area contributed by atoms with Crippen LogP contribution in [-0.2, 0) is 0 Å². The van der Waals surface area contributed by atoms with E-state index in [4.69, 9.17) is 9.84 Å². The van der Waals surface area contributed by atoms with E-state index in [-0.39, 0.29) is 11.3 Å². The van der Waals surface area contributed by atoms with Gasteiger partial charge in [0.25, 0.3) is 0 Å². The molecule has 0 aliphatic carbocycles. The highest BCUT2D eigenvalue weighted by molar-refractivity contribution is 5.95. The van der Waals surface area contributed by atoms with Gasteiger partial charge in [0.1, 0.15) is 11.6 Å². The first kappa shape index (κ1) is 13.9. The fraction of sp³-hybridized carbons (Fsp3) is 0.133. The van der Waals surface area contributed by atoms with Crippen molar-refractivity contribution in [3.63, 3.8) is 0 Å². The van der Waals surface area contributed by atoms with E-state index < -0.39 is 11.8 Å². The summed E-state index contributed by atoms with van der Waals surface area (Å²) in [6.45, 7) is 0. The Morgan fingerprint density at radius 3 is 2.60 bits per heavy atom. The third kappa shape index (κ3) is 2.56. The lowest BCUT2D eigenvalue weighted by Crippen LogP contribution is -2.16. The van der Waals surface area contributed by atoms with Crippen molar-refractivity contribution in [1.29, 1.82) is 0 Å². The van der Waals surface area contributed by atoms with E-state index in [1.54, 1.807) is 31.3 Å². The highest BCUT2D eigenvalue weighted by atomic mass is 19.1. The predicted octanol–water partition coefficient (Wildman–Crippen LogP) is 3.30. The van der Waals surface area contributed by atoms with E-state index in [1.165, 1.54) is 30.2 Å². The molecule has 2 rings (SSSR count). The third-order valence-corrected chi connectivity index (χ3v) is 2.99. The molecule has 0 fully saturated rings. The molecule has 0 saturated heterocycles. The Kier molecular flexibility index (Phi) is 3.89. The number of carboxylic acids is 1. The van der Waals surface area contributed by atoms with E-state index in [2.05, 4.69) is 0 Å². The average Bonchev–Trinajstić information content (AvgIpc) is 2.46. The first-order valence-corrected chi connectivity index (χ1v) is 5.94. The zero-order valence-corrected chi connectivity index (χ0v) is 11.1. The average molecular weight is 275 g/mol. The maximum Gasteiger partial charge on any atom is 0.337 e. The zero-order chi connectivity index (χ0) is 14.7. The highest BCUT2D eigenvalue weighted by Crippen LogP contribution is 2.31. The second kappa shape index (κ2) is 5.61. The monoisotopic (exact) mass is 275 g/mol. The zero-order valence-electron chi connectivity index (χ0n) is 11.1. The van der Waals surface area contributed by atoms with Crippen molar-refractivity contribution in [2.45, 2.75) is 0 Å². The molecule has 4 nitrogen and oxygen atoms in total. The molecule has 0 spiro atoms. The molecule has 0 radical (unpaired) electrons. The lowest BCUT2D eigenvalue weighted by atomic mass is 10.1. The maximum absolute atomic E-state index is 14.0. The molecule has 2 aromatic rings. The highest BCUT2D eigenvalue weighted by Gasteiger charge is 2.19. The predicted molar refractivity (Wildman–Crippen MR) is 74.4 cm³/mol. The van der Waals surface area contributed by atoms with Gasteiger partial charge in [-0.1, -0.05) is 12.1 Å². The van der Waals surface area contributed by atoms with Gasteiger partial charge >= 0.3 is 5.97 Å². The first-order chi connectivity index (χ1) is 9.54. The molecule has 0 amide bonds. The molecule has 0 unspecified atom stereocenters. The SMILES string of the molecule is COc1cccc(N(C)c2c(F)cccc2C(=O)O)c1. The van der Waals surface area contributed by atoms with E-state index in [9.17, 15) is 9.18 Å². The Bertz CT molecular complexity index is 643. The van der Waals surface area contributed by atoms with Crippen LogP contribution in [0.3, 0.4) is 0 Å². The minimum Gasteiger partial charge on any atom is -0.497 e. The van der Waals surface area contributed by atoms with Crippen LogP contribution in [0.4, 0.5) is 15.8 Å². The summed E-state index contributed by atoms with van der Waals surface area (Å²) in [6, 6.07) is 11.0. The summed E-state index contributed by atoms with van der Waals surface area (Å²) in [5.74, 6) is -1.15. The molecule has 0 atom stereocenters. The fourth-order valence-corrected chi connectivity index (χ4v) is 1.98.